The summed E-state index contributed by atoms with van der Waals surface area (Å²) in [6, 6.07) is 5.81. The Hall–Kier alpha value is -1.84. The summed E-state index contributed by atoms with van der Waals surface area (Å²) in [5.41, 5.74) is 2.95. The number of carbonyl (C=O) groups excluding carboxylic acids is 2. The Balaban J connectivity index is 2.52. The summed E-state index contributed by atoms with van der Waals surface area (Å²) in [5.74, 6) is -0.444. The molecule has 1 aromatic carbocycles. The van der Waals surface area contributed by atoms with Crippen molar-refractivity contribution in [1.29, 1.82) is 0 Å². The molecular weight excluding hydrogens is 228 g/mol. The summed E-state index contributed by atoms with van der Waals surface area (Å²) < 4.78 is 0. The van der Waals surface area contributed by atoms with Crippen LogP contribution in [0, 0.1) is 19.8 Å². The molecule has 0 fully saturated rings. The highest BCUT2D eigenvalue weighted by molar-refractivity contribution is 5.95. The first kappa shape index (κ1) is 14.2. The number of nitrogens with one attached hydrogen (secondary N) is 2. The van der Waals surface area contributed by atoms with E-state index in [2.05, 4.69) is 10.6 Å². The highest BCUT2D eigenvalue weighted by Gasteiger charge is 2.09. The van der Waals surface area contributed by atoms with Crippen molar-refractivity contribution in [2.75, 3.05) is 11.9 Å². The van der Waals surface area contributed by atoms with Crippen molar-refractivity contribution in [1.82, 2.24) is 5.32 Å². The number of aryl methyl sites for hydroxylation is 2. The second-order valence-corrected chi connectivity index (χ2v) is 4.74. The summed E-state index contributed by atoms with van der Waals surface area (Å²) in [6.07, 6.45) is 0. The molecule has 2 amide bonds. The minimum Gasteiger partial charge on any atom is -0.347 e. The van der Waals surface area contributed by atoms with Crippen molar-refractivity contribution in [3.63, 3.8) is 0 Å². The van der Waals surface area contributed by atoms with E-state index < -0.39 is 0 Å². The molecule has 0 unspecified atom stereocenters. The highest BCUT2D eigenvalue weighted by Crippen LogP contribution is 2.15. The lowest BCUT2D eigenvalue weighted by Crippen LogP contribution is -2.35. The molecule has 0 aliphatic rings. The van der Waals surface area contributed by atoms with E-state index in [0.29, 0.717) is 0 Å². The fourth-order valence-corrected chi connectivity index (χ4v) is 1.52. The molecule has 0 aliphatic heterocycles. The highest BCUT2D eigenvalue weighted by atomic mass is 16.2. The number of hydrogen-bond acceptors (Lipinski definition) is 2. The van der Waals surface area contributed by atoms with Gasteiger partial charge in [-0.25, -0.2) is 0 Å². The molecule has 18 heavy (non-hydrogen) atoms. The van der Waals surface area contributed by atoms with E-state index in [1.54, 1.807) is 13.8 Å². The molecule has 1 rings (SSSR count). The van der Waals surface area contributed by atoms with Gasteiger partial charge >= 0.3 is 0 Å². The fourth-order valence-electron chi connectivity index (χ4n) is 1.52. The van der Waals surface area contributed by atoms with E-state index in [4.69, 9.17) is 0 Å². The van der Waals surface area contributed by atoms with E-state index in [9.17, 15) is 9.59 Å². The molecule has 0 atom stereocenters. The molecule has 98 valence electrons. The predicted octanol–water partition coefficient (Wildman–Crippen LogP) is 2.01. The topological polar surface area (TPSA) is 58.2 Å². The van der Waals surface area contributed by atoms with Crippen LogP contribution in [0.2, 0.25) is 0 Å². The van der Waals surface area contributed by atoms with E-state index in [-0.39, 0.29) is 24.3 Å². The zero-order valence-electron chi connectivity index (χ0n) is 11.3. The Bertz CT molecular complexity index is 453. The maximum atomic E-state index is 11.7. The number of amides is 2. The summed E-state index contributed by atoms with van der Waals surface area (Å²) in [6.45, 7) is 7.52. The number of anilines is 1. The Labute approximate surface area is 108 Å². The van der Waals surface area contributed by atoms with E-state index in [1.807, 2.05) is 32.0 Å². The molecular formula is C14H20N2O2. The fraction of sp³-hybridized carbons (Fsp3) is 0.429. The molecule has 0 saturated heterocycles. The van der Waals surface area contributed by atoms with Crippen LogP contribution in [0.5, 0.6) is 0 Å². The van der Waals surface area contributed by atoms with Gasteiger partial charge < -0.3 is 10.6 Å². The van der Waals surface area contributed by atoms with Gasteiger partial charge in [0.05, 0.1) is 6.54 Å². The van der Waals surface area contributed by atoms with Crippen molar-refractivity contribution >= 4 is 17.5 Å². The molecule has 0 saturated carbocycles. The van der Waals surface area contributed by atoms with Crippen LogP contribution in [-0.4, -0.2) is 18.4 Å². The molecule has 4 nitrogen and oxygen atoms in total. The Morgan fingerprint density at radius 3 is 2.44 bits per heavy atom. The smallest absolute Gasteiger partial charge is 0.243 e. The lowest BCUT2D eigenvalue weighted by Gasteiger charge is -2.10. The first-order chi connectivity index (χ1) is 8.40. The Morgan fingerprint density at radius 2 is 1.89 bits per heavy atom. The number of rotatable bonds is 4. The monoisotopic (exact) mass is 248 g/mol. The Morgan fingerprint density at radius 1 is 1.22 bits per heavy atom. The standard InChI is InChI=1S/C14H20N2O2/c1-9(2)14(18)15-8-13(17)16-12-6-5-10(3)7-11(12)4/h5-7,9H,8H2,1-4H3,(H,15,18)(H,16,17). The number of hydrogen-bond donors (Lipinski definition) is 2. The van der Waals surface area contributed by atoms with E-state index in [0.717, 1.165) is 16.8 Å². The SMILES string of the molecule is Cc1ccc(NC(=O)CNC(=O)C(C)C)c(C)c1. The van der Waals surface area contributed by atoms with E-state index >= 15 is 0 Å². The summed E-state index contributed by atoms with van der Waals surface area (Å²) in [5, 5.41) is 5.36. The van der Waals surface area contributed by atoms with Crippen LogP contribution < -0.4 is 10.6 Å². The van der Waals surface area contributed by atoms with Gasteiger partial charge in [0.25, 0.3) is 0 Å². The first-order valence-corrected chi connectivity index (χ1v) is 6.05. The second kappa shape index (κ2) is 6.19. The molecule has 0 radical (unpaired) electrons. The molecule has 0 heterocycles. The van der Waals surface area contributed by atoms with Crippen LogP contribution in [0.3, 0.4) is 0 Å². The lowest BCUT2D eigenvalue weighted by molar-refractivity contribution is -0.126. The van der Waals surface area contributed by atoms with Gasteiger partial charge in [0.1, 0.15) is 0 Å². The number of carbonyl (C=O) groups is 2. The minimum absolute atomic E-state index is 0.00430. The van der Waals surface area contributed by atoms with Crippen LogP contribution in [0.15, 0.2) is 18.2 Å². The first-order valence-electron chi connectivity index (χ1n) is 6.05. The van der Waals surface area contributed by atoms with Crippen molar-refractivity contribution in [3.8, 4) is 0 Å². The average molecular weight is 248 g/mol. The maximum absolute atomic E-state index is 11.7. The molecule has 1 aromatic rings. The summed E-state index contributed by atoms with van der Waals surface area (Å²) in [7, 11) is 0. The maximum Gasteiger partial charge on any atom is 0.243 e. The van der Waals surface area contributed by atoms with Gasteiger partial charge in [0.2, 0.25) is 11.8 Å². The van der Waals surface area contributed by atoms with Gasteiger partial charge in [-0.2, -0.15) is 0 Å². The molecule has 0 aliphatic carbocycles. The van der Waals surface area contributed by atoms with Crippen molar-refractivity contribution in [2.45, 2.75) is 27.7 Å². The largest absolute Gasteiger partial charge is 0.347 e. The molecule has 0 aromatic heterocycles. The second-order valence-electron chi connectivity index (χ2n) is 4.74. The van der Waals surface area contributed by atoms with Crippen LogP contribution in [0.25, 0.3) is 0 Å². The van der Waals surface area contributed by atoms with Crippen LogP contribution in [0.1, 0.15) is 25.0 Å². The van der Waals surface area contributed by atoms with Gasteiger partial charge in [-0.3, -0.25) is 9.59 Å². The summed E-state index contributed by atoms with van der Waals surface area (Å²) >= 11 is 0. The third kappa shape index (κ3) is 4.20. The van der Waals surface area contributed by atoms with E-state index in [1.165, 1.54) is 0 Å². The van der Waals surface area contributed by atoms with Crippen molar-refractivity contribution in [2.24, 2.45) is 5.92 Å². The van der Waals surface area contributed by atoms with Crippen LogP contribution in [0.4, 0.5) is 5.69 Å². The molecule has 2 N–H and O–H groups in total. The van der Waals surface area contributed by atoms with Crippen molar-refractivity contribution < 1.29 is 9.59 Å². The molecule has 4 heteroatoms. The van der Waals surface area contributed by atoms with Gasteiger partial charge in [-0.05, 0) is 25.5 Å². The van der Waals surface area contributed by atoms with Crippen LogP contribution in [-0.2, 0) is 9.59 Å². The number of benzene rings is 1. The average Bonchev–Trinajstić information content (AvgIpc) is 2.29. The van der Waals surface area contributed by atoms with Crippen molar-refractivity contribution in [3.05, 3.63) is 29.3 Å². The predicted molar refractivity (Wildman–Crippen MR) is 72.4 cm³/mol. The zero-order valence-corrected chi connectivity index (χ0v) is 11.3. The molecule has 0 spiro atoms. The van der Waals surface area contributed by atoms with Gasteiger partial charge in [-0.1, -0.05) is 31.5 Å². The zero-order chi connectivity index (χ0) is 13.7. The van der Waals surface area contributed by atoms with Crippen LogP contribution >= 0.6 is 0 Å². The van der Waals surface area contributed by atoms with Gasteiger partial charge in [-0.15, -0.1) is 0 Å². The Kier molecular flexibility index (Phi) is 4.89. The van der Waals surface area contributed by atoms with Gasteiger partial charge in [0, 0.05) is 11.6 Å². The third-order valence-electron chi connectivity index (χ3n) is 2.60. The van der Waals surface area contributed by atoms with Gasteiger partial charge in [0.15, 0.2) is 0 Å². The minimum atomic E-state index is -0.212. The third-order valence-corrected chi connectivity index (χ3v) is 2.60. The normalized spacial score (nSPS) is 10.3. The lowest BCUT2D eigenvalue weighted by atomic mass is 10.1. The summed E-state index contributed by atoms with van der Waals surface area (Å²) in [4.78, 5) is 23.0. The quantitative estimate of drug-likeness (QED) is 0.856. The molecule has 0 bridgehead atoms.